The predicted molar refractivity (Wildman–Crippen MR) is 120 cm³/mol. The molecule has 2 aromatic rings. The Morgan fingerprint density at radius 3 is 2.68 bits per heavy atom. The van der Waals surface area contributed by atoms with Gasteiger partial charge in [0.1, 0.15) is 11.6 Å². The number of hydrogen-bond acceptors (Lipinski definition) is 4. The lowest BCUT2D eigenvalue weighted by Crippen LogP contribution is -2.51. The van der Waals surface area contributed by atoms with E-state index in [1.165, 1.54) is 30.4 Å². The number of ether oxygens (including phenoxy) is 2. The maximum absolute atomic E-state index is 13.0. The van der Waals surface area contributed by atoms with Gasteiger partial charge in [0, 0.05) is 24.7 Å². The first-order valence-corrected chi connectivity index (χ1v) is 11.1. The van der Waals surface area contributed by atoms with Crippen LogP contribution in [0.5, 0.6) is 5.75 Å². The average Bonchev–Trinajstić information content (AvgIpc) is 2.75. The zero-order valence-corrected chi connectivity index (χ0v) is 18.5. The van der Waals surface area contributed by atoms with E-state index in [4.69, 9.17) is 21.1 Å². The van der Waals surface area contributed by atoms with E-state index in [1.807, 2.05) is 24.3 Å². The number of halogens is 2. The molecule has 1 aliphatic heterocycles. The summed E-state index contributed by atoms with van der Waals surface area (Å²) in [6.45, 7) is 2.88. The molecule has 4 rings (SSSR count). The Hall–Kier alpha value is -2.37. The van der Waals surface area contributed by atoms with Gasteiger partial charge in [-0.15, -0.1) is 0 Å². The molecule has 1 fully saturated rings. The quantitative estimate of drug-likeness (QED) is 0.432. The molecule has 4 nitrogen and oxygen atoms in total. The minimum absolute atomic E-state index is 0.0111. The van der Waals surface area contributed by atoms with E-state index >= 15 is 0 Å². The number of carbonyl (C=O) groups is 1. The fraction of sp³-hybridized carbons (Fsp3) is 0.400. The summed E-state index contributed by atoms with van der Waals surface area (Å²) >= 11 is 6.72. The summed E-state index contributed by atoms with van der Waals surface area (Å²) in [5, 5.41) is 0.825. The Morgan fingerprint density at radius 2 is 1.94 bits per heavy atom. The lowest BCUT2D eigenvalue weighted by atomic mass is 9.90. The molecule has 164 valence electrons. The van der Waals surface area contributed by atoms with Crippen LogP contribution in [0.3, 0.4) is 0 Å². The molecule has 0 spiro atoms. The van der Waals surface area contributed by atoms with Gasteiger partial charge in [-0.05, 0) is 78.3 Å². The van der Waals surface area contributed by atoms with E-state index < -0.39 is 0 Å². The Balaban J connectivity index is 1.29. The number of rotatable bonds is 8. The third-order valence-electron chi connectivity index (χ3n) is 6.02. The smallest absolute Gasteiger partial charge is 0.311 e. The highest BCUT2D eigenvalue weighted by Gasteiger charge is 2.34. The van der Waals surface area contributed by atoms with Crippen molar-refractivity contribution in [2.75, 3.05) is 33.4 Å². The minimum Gasteiger partial charge on any atom is -0.494 e. The number of likely N-dealkylation sites (tertiary alicyclic amines) is 1. The van der Waals surface area contributed by atoms with Crippen molar-refractivity contribution in [3.05, 3.63) is 70.5 Å². The fourth-order valence-corrected chi connectivity index (χ4v) is 4.56. The van der Waals surface area contributed by atoms with E-state index in [9.17, 15) is 9.18 Å². The number of aryl methyl sites for hydroxylation is 2. The topological polar surface area (TPSA) is 38.8 Å². The summed E-state index contributed by atoms with van der Waals surface area (Å²) < 4.78 is 23.7. The maximum atomic E-state index is 13.0. The molecule has 0 atom stereocenters. The SMILES string of the molecule is COC(=O)C1CN(CC2=C(Cl)c3ccc(OCCCc4ccc(F)cc4)cc3CC2)C1. The lowest BCUT2D eigenvalue weighted by molar-refractivity contribution is -0.151. The van der Waals surface area contributed by atoms with Gasteiger partial charge in [0.05, 0.1) is 19.6 Å². The molecular formula is C25H27ClFNO3. The molecule has 0 bridgehead atoms. The van der Waals surface area contributed by atoms with Crippen LogP contribution in [0.1, 0.15) is 29.5 Å². The number of nitrogens with zero attached hydrogens (tertiary/aromatic N) is 1. The second-order valence-corrected chi connectivity index (χ2v) is 8.61. The predicted octanol–water partition coefficient (Wildman–Crippen LogP) is 4.84. The number of esters is 1. The molecular weight excluding hydrogens is 417 g/mol. The van der Waals surface area contributed by atoms with Crippen molar-refractivity contribution in [2.45, 2.75) is 25.7 Å². The van der Waals surface area contributed by atoms with Crippen LogP contribution in [0, 0.1) is 11.7 Å². The first-order chi connectivity index (χ1) is 15.0. The summed E-state index contributed by atoms with van der Waals surface area (Å²) in [4.78, 5) is 13.8. The van der Waals surface area contributed by atoms with Crippen molar-refractivity contribution in [1.29, 1.82) is 0 Å². The molecule has 2 aliphatic rings. The van der Waals surface area contributed by atoms with Crippen LogP contribution in [0.25, 0.3) is 5.03 Å². The molecule has 31 heavy (non-hydrogen) atoms. The highest BCUT2D eigenvalue weighted by molar-refractivity contribution is 6.49. The highest BCUT2D eigenvalue weighted by atomic mass is 35.5. The maximum Gasteiger partial charge on any atom is 0.311 e. The first kappa shape index (κ1) is 21.8. The second kappa shape index (κ2) is 9.84. The summed E-state index contributed by atoms with van der Waals surface area (Å²) in [6.07, 6.45) is 3.58. The largest absolute Gasteiger partial charge is 0.494 e. The van der Waals surface area contributed by atoms with E-state index in [0.717, 1.165) is 67.2 Å². The van der Waals surface area contributed by atoms with E-state index in [0.29, 0.717) is 6.61 Å². The van der Waals surface area contributed by atoms with Crippen molar-refractivity contribution in [2.24, 2.45) is 5.92 Å². The molecule has 0 unspecified atom stereocenters. The third kappa shape index (κ3) is 5.28. The van der Waals surface area contributed by atoms with Crippen LogP contribution in [0.4, 0.5) is 4.39 Å². The van der Waals surface area contributed by atoms with Gasteiger partial charge in [-0.3, -0.25) is 9.69 Å². The first-order valence-electron chi connectivity index (χ1n) is 10.7. The van der Waals surface area contributed by atoms with Gasteiger partial charge < -0.3 is 9.47 Å². The van der Waals surface area contributed by atoms with Crippen LogP contribution in [-0.2, 0) is 22.4 Å². The van der Waals surface area contributed by atoms with Crippen molar-refractivity contribution >= 4 is 22.6 Å². The fourth-order valence-electron chi connectivity index (χ4n) is 4.22. The van der Waals surface area contributed by atoms with Gasteiger partial charge in [0.25, 0.3) is 0 Å². The Bertz CT molecular complexity index is 967. The zero-order chi connectivity index (χ0) is 21.8. The molecule has 0 amide bonds. The minimum atomic E-state index is -0.208. The lowest BCUT2D eigenvalue weighted by Gasteiger charge is -2.38. The van der Waals surface area contributed by atoms with Crippen LogP contribution >= 0.6 is 11.6 Å². The molecule has 0 aromatic heterocycles. The Kier molecular flexibility index (Phi) is 6.93. The summed E-state index contributed by atoms with van der Waals surface area (Å²) in [6, 6.07) is 12.7. The van der Waals surface area contributed by atoms with Crippen LogP contribution in [0.2, 0.25) is 0 Å². The standard InChI is InChI=1S/C25H27ClFNO3/c1-30-25(29)20-15-28(16-20)14-19-7-6-18-13-22(10-11-23(18)24(19)26)31-12-2-3-17-4-8-21(27)9-5-17/h4-5,8-11,13,20H,2-3,6-7,12,14-16H2,1H3. The normalized spacial score (nSPS) is 16.6. The van der Waals surface area contributed by atoms with E-state index in [-0.39, 0.29) is 17.7 Å². The molecule has 0 N–H and O–H groups in total. The number of benzene rings is 2. The molecule has 2 aromatic carbocycles. The monoisotopic (exact) mass is 443 g/mol. The van der Waals surface area contributed by atoms with E-state index in [1.54, 1.807) is 0 Å². The summed E-state index contributed by atoms with van der Waals surface area (Å²) in [5.41, 5.74) is 4.62. The number of carbonyl (C=O) groups excluding carboxylic acids is 1. The number of hydrogen-bond donors (Lipinski definition) is 0. The van der Waals surface area contributed by atoms with Crippen molar-refractivity contribution in [3.63, 3.8) is 0 Å². The van der Waals surface area contributed by atoms with Crippen molar-refractivity contribution in [1.82, 2.24) is 4.90 Å². The second-order valence-electron chi connectivity index (χ2n) is 8.23. The average molecular weight is 444 g/mol. The molecule has 1 aliphatic carbocycles. The zero-order valence-electron chi connectivity index (χ0n) is 17.7. The van der Waals surface area contributed by atoms with E-state index in [2.05, 4.69) is 11.0 Å². The van der Waals surface area contributed by atoms with Gasteiger partial charge in [-0.2, -0.15) is 0 Å². The van der Waals surface area contributed by atoms with Gasteiger partial charge in [0.15, 0.2) is 0 Å². The molecule has 0 radical (unpaired) electrons. The highest BCUT2D eigenvalue weighted by Crippen LogP contribution is 2.37. The van der Waals surface area contributed by atoms with Crippen LogP contribution in [0.15, 0.2) is 48.0 Å². The molecule has 6 heteroatoms. The van der Waals surface area contributed by atoms with Gasteiger partial charge in [-0.1, -0.05) is 23.7 Å². The van der Waals surface area contributed by atoms with Crippen LogP contribution < -0.4 is 4.74 Å². The molecule has 1 heterocycles. The number of fused-ring (bicyclic) bond motifs is 1. The van der Waals surface area contributed by atoms with Crippen molar-refractivity contribution in [3.8, 4) is 5.75 Å². The molecule has 1 saturated heterocycles. The number of methoxy groups -OCH3 is 1. The third-order valence-corrected chi connectivity index (χ3v) is 6.49. The van der Waals surface area contributed by atoms with Crippen molar-refractivity contribution < 1.29 is 18.7 Å². The van der Waals surface area contributed by atoms with Gasteiger partial charge in [0.2, 0.25) is 0 Å². The molecule has 0 saturated carbocycles. The summed E-state index contributed by atoms with van der Waals surface area (Å²) in [5.74, 6) is 0.508. The summed E-state index contributed by atoms with van der Waals surface area (Å²) in [7, 11) is 1.44. The van der Waals surface area contributed by atoms with Gasteiger partial charge in [-0.25, -0.2) is 4.39 Å². The van der Waals surface area contributed by atoms with Gasteiger partial charge >= 0.3 is 5.97 Å². The Labute approximate surface area is 187 Å². The Morgan fingerprint density at radius 1 is 1.16 bits per heavy atom. The van der Waals surface area contributed by atoms with Crippen LogP contribution in [-0.4, -0.2) is 44.2 Å².